The van der Waals surface area contributed by atoms with E-state index in [1.165, 1.54) is 11.3 Å². The standard InChI is InChI=1S/C18H21NO3S/c1-12-6-5-9-19(10-12)16(20)11-22-18(21)17-13(2)14-7-3-4-8-15(14)23-17/h3-4,7-8,12H,5-6,9-11H2,1-2H3/t12-/m0/s1. The fraction of sp³-hybridized carbons (Fsp3) is 0.444. The summed E-state index contributed by atoms with van der Waals surface area (Å²) in [6.45, 7) is 5.43. The summed E-state index contributed by atoms with van der Waals surface area (Å²) in [6, 6.07) is 7.90. The first-order chi connectivity index (χ1) is 11.1. The number of hydrogen-bond acceptors (Lipinski definition) is 4. The summed E-state index contributed by atoms with van der Waals surface area (Å²) in [5.74, 6) is 0.0269. The first kappa shape index (κ1) is 16.0. The van der Waals surface area contributed by atoms with Gasteiger partial charge < -0.3 is 9.64 Å². The fourth-order valence-electron chi connectivity index (χ4n) is 3.07. The Hall–Kier alpha value is -1.88. The van der Waals surface area contributed by atoms with Crippen molar-refractivity contribution in [3.8, 4) is 0 Å². The first-order valence-electron chi connectivity index (χ1n) is 7.99. The van der Waals surface area contributed by atoms with Crippen molar-refractivity contribution in [2.24, 2.45) is 5.92 Å². The zero-order chi connectivity index (χ0) is 16.4. The molecule has 1 aliphatic heterocycles. The van der Waals surface area contributed by atoms with Gasteiger partial charge in [0, 0.05) is 17.8 Å². The number of benzene rings is 1. The van der Waals surface area contributed by atoms with E-state index in [-0.39, 0.29) is 12.5 Å². The number of amides is 1. The lowest BCUT2D eigenvalue weighted by Gasteiger charge is -2.30. The normalized spacial score (nSPS) is 18.2. The van der Waals surface area contributed by atoms with Crippen LogP contribution >= 0.6 is 11.3 Å². The Morgan fingerprint density at radius 1 is 1.35 bits per heavy atom. The molecule has 1 fully saturated rings. The summed E-state index contributed by atoms with van der Waals surface area (Å²) in [6.07, 6.45) is 2.18. The summed E-state index contributed by atoms with van der Waals surface area (Å²) in [5, 5.41) is 1.07. The molecule has 0 radical (unpaired) electrons. The van der Waals surface area contributed by atoms with Gasteiger partial charge in [-0.05, 0) is 42.7 Å². The maximum Gasteiger partial charge on any atom is 0.349 e. The van der Waals surface area contributed by atoms with Crippen LogP contribution in [-0.2, 0) is 9.53 Å². The van der Waals surface area contributed by atoms with Crippen molar-refractivity contribution in [3.05, 3.63) is 34.7 Å². The number of ether oxygens (including phenoxy) is 1. The number of hydrogen-bond donors (Lipinski definition) is 0. The number of rotatable bonds is 3. The minimum absolute atomic E-state index is 0.0938. The second kappa shape index (κ2) is 6.71. The predicted octanol–water partition coefficient (Wildman–Crippen LogP) is 3.63. The zero-order valence-electron chi connectivity index (χ0n) is 13.5. The molecule has 0 aliphatic carbocycles. The number of esters is 1. The molecular weight excluding hydrogens is 310 g/mol. The summed E-state index contributed by atoms with van der Waals surface area (Å²) in [7, 11) is 0. The maximum atomic E-state index is 12.3. The van der Waals surface area contributed by atoms with Crippen molar-refractivity contribution in [3.63, 3.8) is 0 Å². The lowest BCUT2D eigenvalue weighted by Crippen LogP contribution is -2.41. The molecule has 1 amide bonds. The summed E-state index contributed by atoms with van der Waals surface area (Å²) in [5.41, 5.74) is 0.926. The molecule has 2 aromatic rings. The number of thiophene rings is 1. The first-order valence-corrected chi connectivity index (χ1v) is 8.81. The van der Waals surface area contributed by atoms with E-state index >= 15 is 0 Å². The second-order valence-corrected chi connectivity index (χ2v) is 7.27. The number of nitrogens with zero attached hydrogens (tertiary/aromatic N) is 1. The smallest absolute Gasteiger partial charge is 0.349 e. The molecular formula is C18H21NO3S. The Morgan fingerprint density at radius 2 is 2.13 bits per heavy atom. The maximum absolute atomic E-state index is 12.3. The molecule has 1 aromatic heterocycles. The van der Waals surface area contributed by atoms with Crippen LogP contribution in [0.2, 0.25) is 0 Å². The largest absolute Gasteiger partial charge is 0.451 e. The number of carbonyl (C=O) groups excluding carboxylic acids is 2. The predicted molar refractivity (Wildman–Crippen MR) is 91.8 cm³/mol. The van der Waals surface area contributed by atoms with Crippen LogP contribution in [0.3, 0.4) is 0 Å². The van der Waals surface area contributed by atoms with Crippen LogP contribution in [0.5, 0.6) is 0 Å². The van der Waals surface area contributed by atoms with Crippen molar-refractivity contribution >= 4 is 33.3 Å². The molecule has 1 aliphatic rings. The molecule has 0 bridgehead atoms. The van der Waals surface area contributed by atoms with Crippen LogP contribution in [0.25, 0.3) is 10.1 Å². The topological polar surface area (TPSA) is 46.6 Å². The van der Waals surface area contributed by atoms with Gasteiger partial charge in [-0.25, -0.2) is 4.79 Å². The third-order valence-electron chi connectivity index (χ3n) is 4.37. The van der Waals surface area contributed by atoms with Gasteiger partial charge in [-0.1, -0.05) is 25.1 Å². The molecule has 4 nitrogen and oxygen atoms in total. The van der Waals surface area contributed by atoms with E-state index in [0.29, 0.717) is 10.8 Å². The Labute approximate surface area is 140 Å². The summed E-state index contributed by atoms with van der Waals surface area (Å²) < 4.78 is 6.33. The van der Waals surface area contributed by atoms with E-state index in [0.717, 1.165) is 41.6 Å². The molecule has 23 heavy (non-hydrogen) atoms. The Morgan fingerprint density at radius 3 is 2.87 bits per heavy atom. The van der Waals surface area contributed by atoms with Crippen molar-refractivity contribution in [2.45, 2.75) is 26.7 Å². The third-order valence-corrected chi connectivity index (χ3v) is 5.62. The number of piperidine rings is 1. The van der Waals surface area contributed by atoms with Gasteiger partial charge in [-0.3, -0.25) is 4.79 Å². The van der Waals surface area contributed by atoms with Crippen molar-refractivity contribution in [2.75, 3.05) is 19.7 Å². The lowest BCUT2D eigenvalue weighted by atomic mass is 10.0. The third kappa shape index (κ3) is 3.39. The average molecular weight is 331 g/mol. The number of aryl methyl sites for hydroxylation is 1. The highest BCUT2D eigenvalue weighted by molar-refractivity contribution is 7.21. The highest BCUT2D eigenvalue weighted by Crippen LogP contribution is 2.31. The molecule has 2 heterocycles. The molecule has 0 unspecified atom stereocenters. The highest BCUT2D eigenvalue weighted by atomic mass is 32.1. The minimum Gasteiger partial charge on any atom is -0.451 e. The van der Waals surface area contributed by atoms with Gasteiger partial charge in [0.2, 0.25) is 0 Å². The molecule has 3 rings (SSSR count). The number of likely N-dealkylation sites (tertiary alicyclic amines) is 1. The van der Waals surface area contributed by atoms with Crippen LogP contribution in [-0.4, -0.2) is 36.5 Å². The number of carbonyl (C=O) groups is 2. The van der Waals surface area contributed by atoms with Gasteiger partial charge in [0.05, 0.1) is 0 Å². The van der Waals surface area contributed by atoms with Gasteiger partial charge in [0.25, 0.3) is 5.91 Å². The SMILES string of the molecule is Cc1c(C(=O)OCC(=O)N2CCC[C@H](C)C2)sc2ccccc12. The van der Waals surface area contributed by atoms with Gasteiger partial charge >= 0.3 is 5.97 Å². The minimum atomic E-state index is -0.401. The van der Waals surface area contributed by atoms with Crippen molar-refractivity contribution < 1.29 is 14.3 Å². The number of fused-ring (bicyclic) bond motifs is 1. The summed E-state index contributed by atoms with van der Waals surface area (Å²) in [4.78, 5) is 26.9. The van der Waals surface area contributed by atoms with E-state index in [9.17, 15) is 9.59 Å². The van der Waals surface area contributed by atoms with Gasteiger partial charge in [0.15, 0.2) is 6.61 Å². The van der Waals surface area contributed by atoms with Gasteiger partial charge in [-0.15, -0.1) is 11.3 Å². The second-order valence-electron chi connectivity index (χ2n) is 6.22. The van der Waals surface area contributed by atoms with Crippen LogP contribution in [0.15, 0.2) is 24.3 Å². The Kier molecular flexibility index (Phi) is 4.66. The quantitative estimate of drug-likeness (QED) is 0.807. The van der Waals surface area contributed by atoms with Crippen molar-refractivity contribution in [1.82, 2.24) is 4.90 Å². The van der Waals surface area contributed by atoms with E-state index < -0.39 is 5.97 Å². The lowest BCUT2D eigenvalue weighted by molar-refractivity contribution is -0.136. The molecule has 0 spiro atoms. The van der Waals surface area contributed by atoms with E-state index in [2.05, 4.69) is 6.92 Å². The van der Waals surface area contributed by atoms with E-state index in [4.69, 9.17) is 4.74 Å². The van der Waals surface area contributed by atoms with Gasteiger partial charge in [-0.2, -0.15) is 0 Å². The fourth-order valence-corrected chi connectivity index (χ4v) is 4.17. The monoisotopic (exact) mass is 331 g/mol. The van der Waals surface area contributed by atoms with Crippen LogP contribution in [0.4, 0.5) is 0 Å². The molecule has 0 saturated carbocycles. The molecule has 122 valence electrons. The van der Waals surface area contributed by atoms with Crippen LogP contribution < -0.4 is 0 Å². The van der Waals surface area contributed by atoms with Crippen molar-refractivity contribution in [1.29, 1.82) is 0 Å². The highest BCUT2D eigenvalue weighted by Gasteiger charge is 2.23. The van der Waals surface area contributed by atoms with Gasteiger partial charge in [0.1, 0.15) is 4.88 Å². The zero-order valence-corrected chi connectivity index (χ0v) is 14.3. The summed E-state index contributed by atoms with van der Waals surface area (Å²) >= 11 is 1.42. The molecule has 1 atom stereocenters. The van der Waals surface area contributed by atoms with E-state index in [1.807, 2.05) is 31.2 Å². The molecule has 1 saturated heterocycles. The van der Waals surface area contributed by atoms with Crippen LogP contribution in [0, 0.1) is 12.8 Å². The van der Waals surface area contributed by atoms with Crippen LogP contribution in [0.1, 0.15) is 35.0 Å². The van der Waals surface area contributed by atoms with E-state index in [1.54, 1.807) is 4.90 Å². The Bertz CT molecular complexity index is 737. The molecule has 5 heteroatoms. The molecule has 1 aromatic carbocycles. The Balaban J connectivity index is 1.64. The molecule has 0 N–H and O–H groups in total. The average Bonchev–Trinajstić information content (AvgIpc) is 2.90.